The highest BCUT2D eigenvalue weighted by atomic mass is 19.3. The quantitative estimate of drug-likeness (QED) is 0.553. The summed E-state index contributed by atoms with van der Waals surface area (Å²) >= 11 is 0. The maximum Gasteiger partial charge on any atom is 0.387 e. The molecule has 1 aliphatic rings. The average molecular weight is 446 g/mol. The molecule has 8 heteroatoms. The van der Waals surface area contributed by atoms with Gasteiger partial charge in [0, 0.05) is 23.7 Å². The van der Waals surface area contributed by atoms with E-state index in [9.17, 15) is 13.6 Å². The molecule has 0 aromatic heterocycles. The summed E-state index contributed by atoms with van der Waals surface area (Å²) < 4.78 is 40.8. The zero-order valence-corrected chi connectivity index (χ0v) is 18.2. The Balaban J connectivity index is 1.73. The molecule has 1 atom stereocenters. The van der Waals surface area contributed by atoms with Gasteiger partial charge in [-0.05, 0) is 44.1 Å². The summed E-state index contributed by atoms with van der Waals surface area (Å²) in [5, 5.41) is 2.93. The van der Waals surface area contributed by atoms with Crippen LogP contribution in [0.25, 0.3) is 6.08 Å². The molecule has 0 saturated carbocycles. The number of carbonyl (C=O) groups is 1. The van der Waals surface area contributed by atoms with Crippen LogP contribution in [0.5, 0.6) is 17.2 Å². The van der Waals surface area contributed by atoms with Gasteiger partial charge in [0.15, 0.2) is 11.5 Å². The number of hydrogen-bond acceptors (Lipinski definition) is 5. The lowest BCUT2D eigenvalue weighted by Crippen LogP contribution is -2.36. The van der Waals surface area contributed by atoms with Crippen molar-refractivity contribution in [1.82, 2.24) is 10.2 Å². The first-order chi connectivity index (χ1) is 15.5. The zero-order chi connectivity index (χ0) is 22.9. The fourth-order valence-corrected chi connectivity index (χ4v) is 3.89. The van der Waals surface area contributed by atoms with E-state index < -0.39 is 6.61 Å². The molecule has 1 heterocycles. The number of hydrogen-bond donors (Lipinski definition) is 1. The molecule has 1 amide bonds. The Morgan fingerprint density at radius 1 is 1.06 bits per heavy atom. The van der Waals surface area contributed by atoms with Gasteiger partial charge in [-0.3, -0.25) is 9.69 Å². The normalized spacial score (nSPS) is 15.2. The Bertz CT molecular complexity index is 930. The van der Waals surface area contributed by atoms with Gasteiger partial charge in [0.2, 0.25) is 5.91 Å². The first-order valence-electron chi connectivity index (χ1n) is 10.5. The van der Waals surface area contributed by atoms with Crippen LogP contribution in [0.1, 0.15) is 30.0 Å². The Kier molecular flexibility index (Phi) is 8.44. The number of para-hydroxylation sites is 2. The van der Waals surface area contributed by atoms with Crippen LogP contribution in [0, 0.1) is 0 Å². The lowest BCUT2D eigenvalue weighted by Gasteiger charge is -2.29. The predicted octanol–water partition coefficient (Wildman–Crippen LogP) is 4.27. The molecule has 1 unspecified atom stereocenters. The Morgan fingerprint density at radius 3 is 2.44 bits per heavy atom. The lowest BCUT2D eigenvalue weighted by atomic mass is 10.0. The van der Waals surface area contributed by atoms with Crippen molar-refractivity contribution < 1.29 is 27.8 Å². The summed E-state index contributed by atoms with van der Waals surface area (Å²) in [5.74, 6) is 0.491. The number of ether oxygens (including phenoxy) is 3. The van der Waals surface area contributed by atoms with E-state index in [1.807, 2.05) is 24.3 Å². The molecule has 2 aromatic rings. The number of nitrogens with one attached hydrogen (secondary N) is 1. The van der Waals surface area contributed by atoms with Gasteiger partial charge in [-0.2, -0.15) is 8.78 Å². The van der Waals surface area contributed by atoms with Crippen LogP contribution in [-0.4, -0.2) is 51.3 Å². The fraction of sp³-hybridized carbons (Fsp3) is 0.375. The van der Waals surface area contributed by atoms with Crippen molar-refractivity contribution in [2.24, 2.45) is 0 Å². The second kappa shape index (κ2) is 11.5. The van der Waals surface area contributed by atoms with Crippen LogP contribution in [0.2, 0.25) is 0 Å². The van der Waals surface area contributed by atoms with Crippen LogP contribution in [0.4, 0.5) is 8.78 Å². The Labute approximate surface area is 186 Å². The SMILES string of the molecule is COc1ccccc1C(CNC(=O)/C=C/c1cccc(OC)c1OC(F)F)N1CCCC1. The topological polar surface area (TPSA) is 60.0 Å². The van der Waals surface area contributed by atoms with Crippen LogP contribution in [-0.2, 0) is 4.79 Å². The van der Waals surface area contributed by atoms with E-state index in [2.05, 4.69) is 15.0 Å². The minimum absolute atomic E-state index is 0.0273. The summed E-state index contributed by atoms with van der Waals surface area (Å²) in [5.41, 5.74) is 1.34. The van der Waals surface area contributed by atoms with Crippen molar-refractivity contribution in [2.75, 3.05) is 33.9 Å². The first kappa shape index (κ1) is 23.5. The van der Waals surface area contributed by atoms with Crippen molar-refractivity contribution in [2.45, 2.75) is 25.5 Å². The predicted molar refractivity (Wildman–Crippen MR) is 118 cm³/mol. The monoisotopic (exact) mass is 446 g/mol. The Morgan fingerprint density at radius 2 is 1.75 bits per heavy atom. The van der Waals surface area contributed by atoms with E-state index in [0.717, 1.165) is 37.2 Å². The van der Waals surface area contributed by atoms with E-state index in [4.69, 9.17) is 9.47 Å². The maximum absolute atomic E-state index is 12.8. The highest BCUT2D eigenvalue weighted by Gasteiger charge is 2.26. The van der Waals surface area contributed by atoms with Crippen molar-refractivity contribution in [1.29, 1.82) is 0 Å². The summed E-state index contributed by atoms with van der Waals surface area (Å²) in [6, 6.07) is 12.5. The lowest BCUT2D eigenvalue weighted by molar-refractivity contribution is -0.116. The molecule has 2 aromatic carbocycles. The number of carbonyl (C=O) groups excluding carboxylic acids is 1. The molecule has 3 rings (SSSR count). The maximum atomic E-state index is 12.8. The summed E-state index contributed by atoms with van der Waals surface area (Å²) in [7, 11) is 3.00. The highest BCUT2D eigenvalue weighted by molar-refractivity contribution is 5.92. The number of nitrogens with zero attached hydrogens (tertiary/aromatic N) is 1. The molecule has 1 N–H and O–H groups in total. The third kappa shape index (κ3) is 5.97. The van der Waals surface area contributed by atoms with Crippen molar-refractivity contribution in [3.05, 3.63) is 59.7 Å². The third-order valence-corrected chi connectivity index (χ3v) is 5.40. The molecule has 1 saturated heterocycles. The van der Waals surface area contributed by atoms with Gasteiger partial charge in [-0.25, -0.2) is 0 Å². The number of alkyl halides is 2. The summed E-state index contributed by atoms with van der Waals surface area (Å²) in [6.07, 6.45) is 4.96. The van der Waals surface area contributed by atoms with Crippen LogP contribution >= 0.6 is 0 Å². The molecule has 1 aliphatic heterocycles. The van der Waals surface area contributed by atoms with Gasteiger partial charge >= 0.3 is 6.61 Å². The molecular weight excluding hydrogens is 418 g/mol. The van der Waals surface area contributed by atoms with Crippen molar-refractivity contribution in [3.63, 3.8) is 0 Å². The number of amides is 1. The number of methoxy groups -OCH3 is 2. The zero-order valence-electron chi connectivity index (χ0n) is 18.2. The minimum atomic E-state index is -3.01. The van der Waals surface area contributed by atoms with Gasteiger partial charge in [-0.15, -0.1) is 0 Å². The Hall–Kier alpha value is -3.13. The van der Waals surface area contributed by atoms with E-state index in [0.29, 0.717) is 12.1 Å². The minimum Gasteiger partial charge on any atom is -0.496 e. The van der Waals surface area contributed by atoms with Crippen LogP contribution < -0.4 is 19.5 Å². The molecular formula is C24H28F2N2O4. The number of benzene rings is 2. The number of halogens is 2. The van der Waals surface area contributed by atoms with Gasteiger partial charge in [0.05, 0.1) is 20.3 Å². The summed E-state index contributed by atoms with van der Waals surface area (Å²) in [4.78, 5) is 14.9. The van der Waals surface area contributed by atoms with Gasteiger partial charge < -0.3 is 19.5 Å². The van der Waals surface area contributed by atoms with Crippen LogP contribution in [0.15, 0.2) is 48.5 Å². The molecule has 0 bridgehead atoms. The molecule has 0 aliphatic carbocycles. The van der Waals surface area contributed by atoms with Crippen molar-refractivity contribution in [3.8, 4) is 17.2 Å². The summed E-state index contributed by atoms with van der Waals surface area (Å²) in [6.45, 7) is -0.712. The second-order valence-electron chi connectivity index (χ2n) is 7.34. The van der Waals surface area contributed by atoms with E-state index in [1.54, 1.807) is 19.2 Å². The molecule has 6 nitrogen and oxygen atoms in total. The van der Waals surface area contributed by atoms with Gasteiger partial charge in [0.1, 0.15) is 5.75 Å². The van der Waals surface area contributed by atoms with Crippen LogP contribution in [0.3, 0.4) is 0 Å². The molecule has 0 radical (unpaired) electrons. The standard InChI is InChI=1S/C24H28F2N2O4/c1-30-20-10-4-3-9-18(20)19(28-14-5-6-15-28)16-27-22(29)13-12-17-8-7-11-21(31-2)23(17)32-24(25)26/h3-4,7-13,19,24H,5-6,14-16H2,1-2H3,(H,27,29)/b13-12+. The van der Waals surface area contributed by atoms with Gasteiger partial charge in [0.25, 0.3) is 0 Å². The first-order valence-corrected chi connectivity index (χ1v) is 10.5. The van der Waals surface area contributed by atoms with E-state index in [1.165, 1.54) is 25.3 Å². The number of likely N-dealkylation sites (tertiary alicyclic amines) is 1. The largest absolute Gasteiger partial charge is 0.496 e. The smallest absolute Gasteiger partial charge is 0.387 e. The molecule has 32 heavy (non-hydrogen) atoms. The average Bonchev–Trinajstić information content (AvgIpc) is 3.33. The molecule has 172 valence electrons. The fourth-order valence-electron chi connectivity index (χ4n) is 3.89. The number of rotatable bonds is 10. The third-order valence-electron chi connectivity index (χ3n) is 5.40. The van der Waals surface area contributed by atoms with Crippen molar-refractivity contribution >= 4 is 12.0 Å². The van der Waals surface area contributed by atoms with Gasteiger partial charge in [-0.1, -0.05) is 30.3 Å². The van der Waals surface area contributed by atoms with E-state index in [-0.39, 0.29) is 23.4 Å². The molecule has 1 fully saturated rings. The second-order valence-corrected chi connectivity index (χ2v) is 7.34. The van der Waals surface area contributed by atoms with E-state index >= 15 is 0 Å². The highest BCUT2D eigenvalue weighted by Crippen LogP contribution is 2.33. The molecule has 0 spiro atoms.